The van der Waals surface area contributed by atoms with Crippen LogP contribution in [-0.2, 0) is 16.6 Å². The van der Waals surface area contributed by atoms with Gasteiger partial charge in [-0.2, -0.15) is 5.10 Å². The molecule has 0 saturated carbocycles. The van der Waals surface area contributed by atoms with Crippen LogP contribution in [0.3, 0.4) is 0 Å². The molecule has 23 heavy (non-hydrogen) atoms. The van der Waals surface area contributed by atoms with Gasteiger partial charge in [-0.25, -0.2) is 0 Å². The van der Waals surface area contributed by atoms with E-state index < -0.39 is 5.97 Å². The topological polar surface area (TPSA) is 95.7 Å². The quantitative estimate of drug-likeness (QED) is 0.863. The Morgan fingerprint density at radius 3 is 2.65 bits per heavy atom. The van der Waals surface area contributed by atoms with Gasteiger partial charge in [0.25, 0.3) is 5.91 Å². The Morgan fingerprint density at radius 1 is 1.35 bits per heavy atom. The third kappa shape index (κ3) is 4.08. The molecule has 0 spiro atoms. The molecule has 8 nitrogen and oxygen atoms in total. The number of amides is 2. The van der Waals surface area contributed by atoms with Crippen LogP contribution in [0.5, 0.6) is 0 Å². The van der Waals surface area contributed by atoms with Crippen LogP contribution in [0.2, 0.25) is 0 Å². The van der Waals surface area contributed by atoms with Gasteiger partial charge in [-0.15, -0.1) is 0 Å². The van der Waals surface area contributed by atoms with Gasteiger partial charge in [-0.1, -0.05) is 0 Å². The average Bonchev–Trinajstić information content (AvgIpc) is 2.77. The summed E-state index contributed by atoms with van der Waals surface area (Å²) in [5.41, 5.74) is 0.525. The summed E-state index contributed by atoms with van der Waals surface area (Å²) in [7, 11) is 1.72. The molecular weight excluding hydrogens is 300 g/mol. The number of aryl methyl sites for hydroxylation is 1. The Hall–Kier alpha value is -2.38. The predicted molar refractivity (Wildman–Crippen MR) is 81.8 cm³/mol. The molecule has 0 bridgehead atoms. The molecule has 1 aromatic rings. The van der Waals surface area contributed by atoms with Gasteiger partial charge >= 0.3 is 5.97 Å². The molecule has 0 aromatic carbocycles. The van der Waals surface area contributed by atoms with E-state index in [0.717, 1.165) is 6.42 Å². The standard InChI is InChI=1S/C15H22N4O4/c1-11(20)19(10-14(21)22)12-4-3-8-18(9-6-12)15(23)13-5-7-16-17(13)2/h5,7,12H,3-4,6,8-10H2,1-2H3,(H,21,22). The summed E-state index contributed by atoms with van der Waals surface area (Å²) in [4.78, 5) is 38.3. The van der Waals surface area contributed by atoms with Crippen LogP contribution < -0.4 is 0 Å². The van der Waals surface area contributed by atoms with Crippen molar-refractivity contribution >= 4 is 17.8 Å². The first-order valence-corrected chi connectivity index (χ1v) is 7.66. The number of carbonyl (C=O) groups excluding carboxylic acids is 2. The molecule has 0 aliphatic carbocycles. The molecule has 1 N–H and O–H groups in total. The van der Waals surface area contributed by atoms with Crippen LogP contribution >= 0.6 is 0 Å². The summed E-state index contributed by atoms with van der Waals surface area (Å²) in [6.45, 7) is 2.18. The van der Waals surface area contributed by atoms with Gasteiger partial charge in [0.1, 0.15) is 12.2 Å². The summed E-state index contributed by atoms with van der Waals surface area (Å²) in [6.07, 6.45) is 3.59. The minimum Gasteiger partial charge on any atom is -0.480 e. The van der Waals surface area contributed by atoms with Gasteiger partial charge < -0.3 is 14.9 Å². The molecule has 126 valence electrons. The molecule has 1 atom stereocenters. The van der Waals surface area contributed by atoms with Crippen LogP contribution in [0.25, 0.3) is 0 Å². The van der Waals surface area contributed by atoms with E-state index in [-0.39, 0.29) is 24.4 Å². The monoisotopic (exact) mass is 322 g/mol. The van der Waals surface area contributed by atoms with Gasteiger partial charge in [0, 0.05) is 39.3 Å². The van der Waals surface area contributed by atoms with Gasteiger partial charge in [0.2, 0.25) is 5.91 Å². The molecule has 2 amide bonds. The number of aromatic nitrogens is 2. The van der Waals surface area contributed by atoms with E-state index in [1.54, 1.807) is 24.2 Å². The van der Waals surface area contributed by atoms with E-state index in [4.69, 9.17) is 5.11 Å². The maximum atomic E-state index is 12.5. The first-order chi connectivity index (χ1) is 10.9. The SMILES string of the molecule is CC(=O)N(CC(=O)O)C1CCCN(C(=O)c2ccnn2C)CC1. The fourth-order valence-electron chi connectivity index (χ4n) is 2.98. The third-order valence-electron chi connectivity index (χ3n) is 4.18. The van der Waals surface area contributed by atoms with Crippen molar-refractivity contribution in [1.82, 2.24) is 19.6 Å². The zero-order valence-corrected chi connectivity index (χ0v) is 13.4. The summed E-state index contributed by atoms with van der Waals surface area (Å²) >= 11 is 0. The van der Waals surface area contributed by atoms with Crippen molar-refractivity contribution in [3.8, 4) is 0 Å². The normalized spacial score (nSPS) is 18.3. The number of rotatable bonds is 4. The Labute approximate surface area is 134 Å². The zero-order chi connectivity index (χ0) is 17.0. The highest BCUT2D eigenvalue weighted by molar-refractivity contribution is 5.92. The number of carboxylic acids is 1. The smallest absolute Gasteiger partial charge is 0.323 e. The van der Waals surface area contributed by atoms with Gasteiger partial charge in [-0.3, -0.25) is 19.1 Å². The Bertz CT molecular complexity index is 598. The largest absolute Gasteiger partial charge is 0.480 e. The van der Waals surface area contributed by atoms with Gasteiger partial charge in [0.05, 0.1) is 0 Å². The predicted octanol–water partition coefficient (Wildman–Crippen LogP) is 0.348. The fourth-order valence-corrected chi connectivity index (χ4v) is 2.98. The lowest BCUT2D eigenvalue weighted by molar-refractivity contribution is -0.145. The van der Waals surface area contributed by atoms with E-state index in [2.05, 4.69) is 5.10 Å². The number of hydrogen-bond acceptors (Lipinski definition) is 4. The van der Waals surface area contributed by atoms with Crippen LogP contribution in [0.15, 0.2) is 12.3 Å². The van der Waals surface area contributed by atoms with E-state index in [1.165, 1.54) is 16.5 Å². The first-order valence-electron chi connectivity index (χ1n) is 7.66. The number of hydrogen-bond donors (Lipinski definition) is 1. The molecule has 1 aliphatic heterocycles. The summed E-state index contributed by atoms with van der Waals surface area (Å²) in [5, 5.41) is 13.0. The van der Waals surface area contributed by atoms with E-state index in [0.29, 0.717) is 31.6 Å². The number of likely N-dealkylation sites (tertiary alicyclic amines) is 1. The highest BCUT2D eigenvalue weighted by Crippen LogP contribution is 2.18. The molecule has 2 rings (SSSR count). The number of carbonyl (C=O) groups is 3. The second-order valence-electron chi connectivity index (χ2n) is 5.76. The van der Waals surface area contributed by atoms with Crippen molar-refractivity contribution in [2.24, 2.45) is 7.05 Å². The van der Waals surface area contributed by atoms with Crippen molar-refractivity contribution in [1.29, 1.82) is 0 Å². The lowest BCUT2D eigenvalue weighted by Crippen LogP contribution is -2.43. The average molecular weight is 322 g/mol. The van der Waals surface area contributed by atoms with E-state index in [9.17, 15) is 14.4 Å². The lowest BCUT2D eigenvalue weighted by Gasteiger charge is -2.28. The molecule has 1 unspecified atom stereocenters. The van der Waals surface area contributed by atoms with Crippen molar-refractivity contribution in [3.63, 3.8) is 0 Å². The lowest BCUT2D eigenvalue weighted by atomic mass is 10.1. The van der Waals surface area contributed by atoms with Crippen molar-refractivity contribution < 1.29 is 19.5 Å². The van der Waals surface area contributed by atoms with E-state index in [1.807, 2.05) is 0 Å². The molecule has 1 aliphatic rings. The molecule has 2 heterocycles. The fraction of sp³-hybridized carbons (Fsp3) is 0.600. The molecular formula is C15H22N4O4. The Morgan fingerprint density at radius 2 is 2.09 bits per heavy atom. The molecule has 0 radical (unpaired) electrons. The Kier molecular flexibility index (Phi) is 5.36. The van der Waals surface area contributed by atoms with Crippen LogP contribution in [-0.4, -0.2) is 68.1 Å². The summed E-state index contributed by atoms with van der Waals surface area (Å²) in [5.74, 6) is -1.35. The molecule has 1 saturated heterocycles. The summed E-state index contributed by atoms with van der Waals surface area (Å²) < 4.78 is 1.54. The Balaban J connectivity index is 2.04. The summed E-state index contributed by atoms with van der Waals surface area (Å²) in [6, 6.07) is 1.53. The minimum atomic E-state index is -1.02. The first kappa shape index (κ1) is 17.0. The minimum absolute atomic E-state index is 0.0849. The van der Waals surface area contributed by atoms with Gasteiger partial charge in [-0.05, 0) is 25.3 Å². The maximum Gasteiger partial charge on any atom is 0.323 e. The van der Waals surface area contributed by atoms with Crippen molar-refractivity contribution in [3.05, 3.63) is 18.0 Å². The van der Waals surface area contributed by atoms with Gasteiger partial charge in [0.15, 0.2) is 0 Å². The van der Waals surface area contributed by atoms with Crippen LogP contribution in [0.1, 0.15) is 36.7 Å². The number of carboxylic acid groups (broad SMARTS) is 1. The maximum absolute atomic E-state index is 12.5. The molecule has 1 aromatic heterocycles. The zero-order valence-electron chi connectivity index (χ0n) is 13.4. The number of aliphatic carboxylic acids is 1. The van der Waals surface area contributed by atoms with E-state index >= 15 is 0 Å². The van der Waals surface area contributed by atoms with Crippen molar-refractivity contribution in [2.45, 2.75) is 32.2 Å². The second kappa shape index (κ2) is 7.26. The molecule has 1 fully saturated rings. The second-order valence-corrected chi connectivity index (χ2v) is 5.76. The van der Waals surface area contributed by atoms with Crippen molar-refractivity contribution in [2.75, 3.05) is 19.6 Å². The highest BCUT2D eigenvalue weighted by atomic mass is 16.4. The third-order valence-corrected chi connectivity index (χ3v) is 4.18. The highest BCUT2D eigenvalue weighted by Gasteiger charge is 2.28. The van der Waals surface area contributed by atoms with Crippen LogP contribution in [0.4, 0.5) is 0 Å². The molecule has 8 heteroatoms. The number of nitrogens with zero attached hydrogens (tertiary/aromatic N) is 4. The van der Waals surface area contributed by atoms with Crippen LogP contribution in [0, 0.1) is 0 Å².